The van der Waals surface area contributed by atoms with Gasteiger partial charge in [0, 0.05) is 46.9 Å². The molecule has 1 fully saturated rings. The lowest BCUT2D eigenvalue weighted by molar-refractivity contribution is 0.0168. The van der Waals surface area contributed by atoms with Gasteiger partial charge in [-0.2, -0.15) is 0 Å². The van der Waals surface area contributed by atoms with Crippen molar-refractivity contribution >= 4 is 36.0 Å². The molecule has 1 rings (SSSR count). The first-order chi connectivity index (χ1) is 13.2. The lowest BCUT2D eigenvalue weighted by Crippen LogP contribution is -2.43. The molecular weight excluding hydrogens is 487 g/mol. The Morgan fingerprint density at radius 2 is 2.07 bits per heavy atom. The van der Waals surface area contributed by atoms with Gasteiger partial charge in [-0.3, -0.25) is 4.99 Å². The predicted octanol–water partition coefficient (Wildman–Crippen LogP) is 2.86. The minimum Gasteiger partial charge on any atom is -0.444 e. The molecule has 29 heavy (non-hydrogen) atoms. The van der Waals surface area contributed by atoms with Crippen LogP contribution in [-0.4, -0.2) is 82.2 Å². The number of ether oxygens (including phenoxy) is 3. The molecule has 2 N–H and O–H groups in total. The maximum atomic E-state index is 12.0. The average molecular weight is 528 g/mol. The fraction of sp³-hybridized carbons (Fsp3) is 0.900. The van der Waals surface area contributed by atoms with Crippen molar-refractivity contribution in [3.8, 4) is 0 Å². The van der Waals surface area contributed by atoms with E-state index in [1.54, 1.807) is 19.0 Å². The van der Waals surface area contributed by atoms with Crippen molar-refractivity contribution in [2.24, 2.45) is 10.9 Å². The number of hydrogen-bond acceptors (Lipinski definition) is 5. The van der Waals surface area contributed by atoms with Crippen molar-refractivity contribution in [3.63, 3.8) is 0 Å². The second-order valence-corrected chi connectivity index (χ2v) is 8.41. The smallest absolute Gasteiger partial charge is 0.410 e. The zero-order valence-electron chi connectivity index (χ0n) is 19.0. The Balaban J connectivity index is 0.00000784. The van der Waals surface area contributed by atoms with Crippen LogP contribution in [0.25, 0.3) is 0 Å². The number of carbonyl (C=O) groups is 1. The normalized spacial score (nSPS) is 18.0. The Labute approximate surface area is 193 Å². The van der Waals surface area contributed by atoms with Crippen molar-refractivity contribution in [2.45, 2.75) is 58.7 Å². The van der Waals surface area contributed by atoms with E-state index in [4.69, 9.17) is 14.2 Å². The minimum atomic E-state index is -0.480. The third-order valence-corrected chi connectivity index (χ3v) is 4.22. The number of rotatable bonds is 10. The highest BCUT2D eigenvalue weighted by Gasteiger charge is 2.20. The standard InChI is InChI=1S/C20H40N4O4.HI/c1-16(14-24(6)19(25)28-20(2,3)4)13-23-18(21-5)22-10-8-11-26-15-17-9-7-12-27-17;/h16-17H,7-15H2,1-6H3,(H2,21,22,23);1H. The van der Waals surface area contributed by atoms with Gasteiger partial charge in [0.25, 0.3) is 0 Å². The van der Waals surface area contributed by atoms with Crippen LogP contribution in [0.3, 0.4) is 0 Å². The number of nitrogens with one attached hydrogen (secondary N) is 2. The van der Waals surface area contributed by atoms with Crippen LogP contribution >= 0.6 is 24.0 Å². The number of aliphatic imine (C=N–C) groups is 1. The van der Waals surface area contributed by atoms with E-state index in [-0.39, 0.29) is 42.1 Å². The quantitative estimate of drug-likeness (QED) is 0.196. The molecule has 1 aliphatic heterocycles. The number of nitrogens with zero attached hydrogens (tertiary/aromatic N) is 2. The van der Waals surface area contributed by atoms with Gasteiger partial charge in [0.05, 0.1) is 12.7 Å². The van der Waals surface area contributed by atoms with Gasteiger partial charge in [-0.05, 0) is 46.0 Å². The van der Waals surface area contributed by atoms with Crippen LogP contribution in [0.1, 0.15) is 47.0 Å². The van der Waals surface area contributed by atoms with Crippen LogP contribution < -0.4 is 10.6 Å². The summed E-state index contributed by atoms with van der Waals surface area (Å²) in [5, 5.41) is 6.58. The monoisotopic (exact) mass is 528 g/mol. The molecule has 9 heteroatoms. The van der Waals surface area contributed by atoms with Crippen molar-refractivity contribution in [1.29, 1.82) is 0 Å². The van der Waals surface area contributed by atoms with Crippen LogP contribution in [0.15, 0.2) is 4.99 Å². The highest BCUT2D eigenvalue weighted by atomic mass is 127. The first-order valence-corrected chi connectivity index (χ1v) is 10.3. The molecule has 0 spiro atoms. The van der Waals surface area contributed by atoms with E-state index >= 15 is 0 Å². The second-order valence-electron chi connectivity index (χ2n) is 8.41. The first kappa shape index (κ1) is 28.2. The van der Waals surface area contributed by atoms with E-state index in [1.807, 2.05) is 20.8 Å². The third kappa shape index (κ3) is 13.9. The van der Waals surface area contributed by atoms with Gasteiger partial charge in [-0.25, -0.2) is 4.79 Å². The summed E-state index contributed by atoms with van der Waals surface area (Å²) in [6.07, 6.45) is 3.14. The minimum absolute atomic E-state index is 0. The molecule has 0 aromatic carbocycles. The molecule has 0 aromatic heterocycles. The molecule has 0 aliphatic carbocycles. The molecule has 0 radical (unpaired) electrons. The van der Waals surface area contributed by atoms with E-state index in [0.29, 0.717) is 26.3 Å². The van der Waals surface area contributed by atoms with E-state index in [1.165, 1.54) is 0 Å². The van der Waals surface area contributed by atoms with E-state index in [2.05, 4.69) is 22.5 Å². The third-order valence-electron chi connectivity index (χ3n) is 4.22. The summed E-state index contributed by atoms with van der Waals surface area (Å²) in [6.45, 7) is 12.1. The average Bonchev–Trinajstić information content (AvgIpc) is 3.12. The zero-order chi connectivity index (χ0) is 21.0. The number of halogens is 1. The fourth-order valence-electron chi connectivity index (χ4n) is 2.81. The lowest BCUT2D eigenvalue weighted by atomic mass is 10.1. The highest BCUT2D eigenvalue weighted by molar-refractivity contribution is 14.0. The van der Waals surface area contributed by atoms with Crippen LogP contribution in [0.4, 0.5) is 4.79 Å². The van der Waals surface area contributed by atoms with Crippen molar-refractivity contribution in [1.82, 2.24) is 15.5 Å². The lowest BCUT2D eigenvalue weighted by Gasteiger charge is -2.26. The molecule has 8 nitrogen and oxygen atoms in total. The maximum Gasteiger partial charge on any atom is 0.410 e. The Hall–Kier alpha value is -0.810. The van der Waals surface area contributed by atoms with Crippen molar-refractivity contribution < 1.29 is 19.0 Å². The topological polar surface area (TPSA) is 84.4 Å². The number of amides is 1. The summed E-state index contributed by atoms with van der Waals surface area (Å²) in [5.74, 6) is 1.01. The van der Waals surface area contributed by atoms with Crippen LogP contribution in [0.2, 0.25) is 0 Å². The molecule has 1 saturated heterocycles. The Kier molecular flexibility index (Phi) is 14.6. The molecule has 0 aromatic rings. The molecule has 1 heterocycles. The molecule has 0 saturated carbocycles. The molecule has 1 aliphatic rings. The van der Waals surface area contributed by atoms with Crippen LogP contribution in [0, 0.1) is 5.92 Å². The summed E-state index contributed by atoms with van der Waals surface area (Å²) in [5.41, 5.74) is -0.480. The molecule has 172 valence electrons. The molecule has 1 amide bonds. The van der Waals surface area contributed by atoms with E-state index in [0.717, 1.165) is 38.4 Å². The fourth-order valence-corrected chi connectivity index (χ4v) is 2.81. The van der Waals surface area contributed by atoms with Crippen LogP contribution in [-0.2, 0) is 14.2 Å². The molecule has 0 bridgehead atoms. The summed E-state index contributed by atoms with van der Waals surface area (Å²) < 4.78 is 16.6. The Morgan fingerprint density at radius 3 is 2.66 bits per heavy atom. The van der Waals surface area contributed by atoms with Crippen LogP contribution in [0.5, 0.6) is 0 Å². The van der Waals surface area contributed by atoms with Gasteiger partial charge in [-0.1, -0.05) is 6.92 Å². The zero-order valence-corrected chi connectivity index (χ0v) is 21.3. The Bertz CT molecular complexity index is 480. The van der Waals surface area contributed by atoms with E-state index < -0.39 is 5.60 Å². The molecule has 2 unspecified atom stereocenters. The number of hydrogen-bond donors (Lipinski definition) is 2. The Morgan fingerprint density at radius 1 is 1.34 bits per heavy atom. The SMILES string of the molecule is CN=C(NCCCOCC1CCCO1)NCC(C)CN(C)C(=O)OC(C)(C)C.I. The van der Waals surface area contributed by atoms with Gasteiger partial charge >= 0.3 is 6.09 Å². The van der Waals surface area contributed by atoms with Gasteiger partial charge in [-0.15, -0.1) is 24.0 Å². The highest BCUT2D eigenvalue weighted by Crippen LogP contribution is 2.12. The summed E-state index contributed by atoms with van der Waals surface area (Å²) >= 11 is 0. The predicted molar refractivity (Wildman–Crippen MR) is 127 cm³/mol. The summed E-state index contributed by atoms with van der Waals surface area (Å²) in [7, 11) is 3.51. The van der Waals surface area contributed by atoms with Gasteiger partial charge < -0.3 is 29.7 Å². The molecular formula is C20H41IN4O4. The van der Waals surface area contributed by atoms with Gasteiger partial charge in [0.2, 0.25) is 0 Å². The second kappa shape index (κ2) is 15.1. The van der Waals surface area contributed by atoms with Gasteiger partial charge in [0.1, 0.15) is 5.60 Å². The number of carbonyl (C=O) groups excluding carboxylic acids is 1. The number of guanidine groups is 1. The first-order valence-electron chi connectivity index (χ1n) is 10.3. The summed E-state index contributed by atoms with van der Waals surface area (Å²) in [6, 6.07) is 0. The van der Waals surface area contributed by atoms with Gasteiger partial charge in [0.15, 0.2) is 5.96 Å². The maximum absolute atomic E-state index is 12.0. The molecule has 2 atom stereocenters. The summed E-state index contributed by atoms with van der Waals surface area (Å²) in [4.78, 5) is 17.9. The van der Waals surface area contributed by atoms with Crippen molar-refractivity contribution in [3.05, 3.63) is 0 Å². The largest absolute Gasteiger partial charge is 0.444 e. The van der Waals surface area contributed by atoms with E-state index in [9.17, 15) is 4.79 Å². The van der Waals surface area contributed by atoms with Crippen molar-refractivity contribution in [2.75, 3.05) is 53.6 Å².